The summed E-state index contributed by atoms with van der Waals surface area (Å²) in [5.74, 6) is -0.736. The molecule has 0 aliphatic rings. The van der Waals surface area contributed by atoms with E-state index in [0.717, 1.165) is 11.3 Å². The number of carbonyl (C=O) groups is 2. The third-order valence-corrected chi connectivity index (χ3v) is 3.67. The van der Waals surface area contributed by atoms with Gasteiger partial charge in [-0.1, -0.05) is 29.8 Å². The molecule has 0 fully saturated rings. The van der Waals surface area contributed by atoms with E-state index in [4.69, 9.17) is 4.74 Å². The number of aryl methyl sites for hydroxylation is 1. The number of rotatable bonds is 5. The fourth-order valence-corrected chi connectivity index (χ4v) is 2.51. The van der Waals surface area contributed by atoms with Gasteiger partial charge in [0.05, 0.1) is 12.3 Å². The molecule has 0 spiro atoms. The van der Waals surface area contributed by atoms with E-state index in [1.54, 1.807) is 6.92 Å². The van der Waals surface area contributed by atoms with Gasteiger partial charge in [0.2, 0.25) is 5.91 Å². The molecule has 122 valence electrons. The van der Waals surface area contributed by atoms with Crippen LogP contribution in [-0.4, -0.2) is 23.1 Å². The zero-order valence-corrected chi connectivity index (χ0v) is 13.9. The third kappa shape index (κ3) is 3.80. The van der Waals surface area contributed by atoms with Gasteiger partial charge in [-0.3, -0.25) is 4.79 Å². The molecule has 1 atom stereocenters. The molecule has 0 aliphatic carbocycles. The number of carbonyl (C=O) groups excluding carboxylic acids is 2. The van der Waals surface area contributed by atoms with Gasteiger partial charge in [-0.15, -0.1) is 0 Å². The van der Waals surface area contributed by atoms with E-state index in [2.05, 4.69) is 5.32 Å². The number of esters is 1. The van der Waals surface area contributed by atoms with Gasteiger partial charge < -0.3 is 14.6 Å². The molecule has 5 heteroatoms. The largest absolute Gasteiger partial charge is 0.464 e. The highest BCUT2D eigenvalue weighted by Crippen LogP contribution is 2.25. The molecule has 23 heavy (non-hydrogen) atoms. The lowest BCUT2D eigenvalue weighted by molar-refractivity contribution is -0.147. The van der Waals surface area contributed by atoms with Crippen molar-refractivity contribution in [2.75, 3.05) is 6.61 Å². The SMILES string of the molecule is CCOC(=O)C(NC(C)=O)c1ccc(-c2ccc(C)cc2)n1C. The third-order valence-electron chi connectivity index (χ3n) is 3.67. The average molecular weight is 314 g/mol. The van der Waals surface area contributed by atoms with Gasteiger partial charge in [0.15, 0.2) is 6.04 Å². The Labute approximate surface area is 136 Å². The molecule has 0 saturated heterocycles. The Kier molecular flexibility index (Phi) is 5.21. The molecule has 1 aromatic carbocycles. The zero-order chi connectivity index (χ0) is 17.0. The summed E-state index contributed by atoms with van der Waals surface area (Å²) >= 11 is 0. The van der Waals surface area contributed by atoms with Crippen molar-refractivity contribution in [1.29, 1.82) is 0 Å². The lowest BCUT2D eigenvalue weighted by Crippen LogP contribution is -2.34. The zero-order valence-electron chi connectivity index (χ0n) is 13.9. The minimum atomic E-state index is -0.809. The molecule has 1 amide bonds. The van der Waals surface area contributed by atoms with Gasteiger partial charge in [0.25, 0.3) is 0 Å². The van der Waals surface area contributed by atoms with Crippen molar-refractivity contribution < 1.29 is 14.3 Å². The number of nitrogens with one attached hydrogen (secondary N) is 1. The number of amides is 1. The van der Waals surface area contributed by atoms with Crippen molar-refractivity contribution >= 4 is 11.9 Å². The normalized spacial score (nSPS) is 11.8. The number of hydrogen-bond donors (Lipinski definition) is 1. The summed E-state index contributed by atoms with van der Waals surface area (Å²) in [6, 6.07) is 11.1. The quantitative estimate of drug-likeness (QED) is 0.863. The molecule has 1 unspecified atom stereocenters. The first kappa shape index (κ1) is 16.8. The molecular formula is C18H22N2O3. The summed E-state index contributed by atoms with van der Waals surface area (Å²) in [6.45, 7) is 5.43. The Bertz CT molecular complexity index is 702. The maximum Gasteiger partial charge on any atom is 0.334 e. The van der Waals surface area contributed by atoms with E-state index in [-0.39, 0.29) is 12.5 Å². The molecule has 0 radical (unpaired) electrons. The van der Waals surface area contributed by atoms with E-state index < -0.39 is 12.0 Å². The summed E-state index contributed by atoms with van der Waals surface area (Å²) in [7, 11) is 1.87. The van der Waals surface area contributed by atoms with Gasteiger partial charge in [-0.25, -0.2) is 4.79 Å². The standard InChI is InChI=1S/C18H22N2O3/c1-5-23-18(22)17(19-13(3)21)16-11-10-15(20(16)4)14-8-6-12(2)7-9-14/h6-11,17H,5H2,1-4H3,(H,19,21). The summed E-state index contributed by atoms with van der Waals surface area (Å²) < 4.78 is 6.98. The van der Waals surface area contributed by atoms with E-state index in [0.29, 0.717) is 5.69 Å². The number of nitrogens with zero attached hydrogens (tertiary/aromatic N) is 1. The first-order valence-electron chi connectivity index (χ1n) is 7.60. The summed E-state index contributed by atoms with van der Waals surface area (Å²) in [5.41, 5.74) is 3.90. The molecule has 5 nitrogen and oxygen atoms in total. The van der Waals surface area contributed by atoms with Crippen LogP contribution >= 0.6 is 0 Å². The number of ether oxygens (including phenoxy) is 1. The molecular weight excluding hydrogens is 292 g/mol. The monoisotopic (exact) mass is 314 g/mol. The summed E-state index contributed by atoms with van der Waals surface area (Å²) in [5, 5.41) is 2.66. The first-order valence-corrected chi connectivity index (χ1v) is 7.60. The molecule has 0 bridgehead atoms. The van der Waals surface area contributed by atoms with Crippen molar-refractivity contribution in [3.63, 3.8) is 0 Å². The van der Waals surface area contributed by atoms with Crippen LogP contribution in [0, 0.1) is 6.92 Å². The number of benzene rings is 1. The fraction of sp³-hybridized carbons (Fsp3) is 0.333. The topological polar surface area (TPSA) is 60.3 Å². The highest BCUT2D eigenvalue weighted by molar-refractivity contribution is 5.84. The van der Waals surface area contributed by atoms with Gasteiger partial charge in [-0.2, -0.15) is 0 Å². The van der Waals surface area contributed by atoms with Crippen LogP contribution in [0.2, 0.25) is 0 Å². The van der Waals surface area contributed by atoms with Gasteiger partial charge in [-0.05, 0) is 31.5 Å². The lowest BCUT2D eigenvalue weighted by atomic mass is 10.1. The molecule has 2 aromatic rings. The second-order valence-electron chi connectivity index (χ2n) is 5.45. The highest BCUT2D eigenvalue weighted by Gasteiger charge is 2.26. The molecule has 2 rings (SSSR count). The molecule has 0 aliphatic heterocycles. The highest BCUT2D eigenvalue weighted by atomic mass is 16.5. The van der Waals surface area contributed by atoms with Crippen LogP contribution in [0.1, 0.15) is 31.1 Å². The Morgan fingerprint density at radius 1 is 1.17 bits per heavy atom. The second kappa shape index (κ2) is 7.13. The smallest absolute Gasteiger partial charge is 0.334 e. The average Bonchev–Trinajstić information content (AvgIpc) is 2.87. The number of hydrogen-bond acceptors (Lipinski definition) is 3. The molecule has 0 saturated carbocycles. The predicted molar refractivity (Wildman–Crippen MR) is 88.8 cm³/mol. The molecule has 1 N–H and O–H groups in total. The van der Waals surface area contributed by atoms with Crippen molar-refractivity contribution in [3.05, 3.63) is 47.7 Å². The molecule has 1 aromatic heterocycles. The summed E-state index contributed by atoms with van der Waals surface area (Å²) in [6.07, 6.45) is 0. The summed E-state index contributed by atoms with van der Waals surface area (Å²) in [4.78, 5) is 23.6. The first-order chi connectivity index (χ1) is 10.9. The second-order valence-corrected chi connectivity index (χ2v) is 5.45. The van der Waals surface area contributed by atoms with E-state index in [1.165, 1.54) is 12.5 Å². The van der Waals surface area contributed by atoms with Crippen LogP contribution in [0.5, 0.6) is 0 Å². The Morgan fingerprint density at radius 3 is 2.39 bits per heavy atom. The van der Waals surface area contributed by atoms with Crippen LogP contribution in [0.15, 0.2) is 36.4 Å². The van der Waals surface area contributed by atoms with Crippen molar-refractivity contribution in [2.45, 2.75) is 26.8 Å². The van der Waals surface area contributed by atoms with E-state index in [9.17, 15) is 9.59 Å². The van der Waals surface area contributed by atoms with Crippen molar-refractivity contribution in [3.8, 4) is 11.3 Å². The minimum Gasteiger partial charge on any atom is -0.464 e. The maximum atomic E-state index is 12.2. The molecule has 1 heterocycles. The maximum absolute atomic E-state index is 12.2. The van der Waals surface area contributed by atoms with Gasteiger partial charge in [0, 0.05) is 19.7 Å². The Morgan fingerprint density at radius 2 is 1.83 bits per heavy atom. The Balaban J connectivity index is 2.39. The minimum absolute atomic E-state index is 0.268. The predicted octanol–water partition coefficient (Wildman–Crippen LogP) is 2.74. The van der Waals surface area contributed by atoms with Crippen LogP contribution in [0.3, 0.4) is 0 Å². The van der Waals surface area contributed by atoms with Crippen molar-refractivity contribution in [2.24, 2.45) is 7.05 Å². The van der Waals surface area contributed by atoms with E-state index in [1.807, 2.05) is 54.9 Å². The van der Waals surface area contributed by atoms with Gasteiger partial charge >= 0.3 is 5.97 Å². The van der Waals surface area contributed by atoms with Crippen LogP contribution in [-0.2, 0) is 21.4 Å². The van der Waals surface area contributed by atoms with Crippen LogP contribution < -0.4 is 5.32 Å². The van der Waals surface area contributed by atoms with E-state index >= 15 is 0 Å². The van der Waals surface area contributed by atoms with Gasteiger partial charge in [0.1, 0.15) is 0 Å². The number of aromatic nitrogens is 1. The van der Waals surface area contributed by atoms with Crippen LogP contribution in [0.4, 0.5) is 0 Å². The fourth-order valence-electron chi connectivity index (χ4n) is 2.51. The van der Waals surface area contributed by atoms with Crippen molar-refractivity contribution in [1.82, 2.24) is 9.88 Å². The Hall–Kier alpha value is -2.56. The lowest BCUT2D eigenvalue weighted by Gasteiger charge is -2.18. The van der Waals surface area contributed by atoms with Crippen LogP contribution in [0.25, 0.3) is 11.3 Å².